The highest BCUT2D eigenvalue weighted by molar-refractivity contribution is 7.23. The van der Waals surface area contributed by atoms with Crippen LogP contribution in [0.1, 0.15) is 125 Å². The van der Waals surface area contributed by atoms with Gasteiger partial charge in [0.2, 0.25) is 0 Å². The van der Waals surface area contributed by atoms with Gasteiger partial charge in [-0.3, -0.25) is 4.79 Å². The lowest BCUT2D eigenvalue weighted by Crippen LogP contribution is -2.67. The van der Waals surface area contributed by atoms with E-state index in [-0.39, 0.29) is 10.6 Å². The van der Waals surface area contributed by atoms with Crippen LogP contribution < -0.4 is 20.0 Å². The number of carbonyl (C=O) groups excluding carboxylic acids is 1. The second-order valence-electron chi connectivity index (χ2n) is 16.4. The molecule has 1 aliphatic rings. The maximum Gasteiger partial charge on any atom is 0.261 e. The van der Waals surface area contributed by atoms with Crippen LogP contribution in [-0.4, -0.2) is 34.8 Å². The molecule has 2 aromatic heterocycles. The molecule has 0 unspecified atom stereocenters. The van der Waals surface area contributed by atoms with Crippen molar-refractivity contribution in [3.8, 4) is 15.5 Å². The molecule has 0 N–H and O–H groups in total. The fourth-order valence-electron chi connectivity index (χ4n) is 8.36. The molecule has 0 spiro atoms. The van der Waals surface area contributed by atoms with Gasteiger partial charge in [-0.05, 0) is 70.9 Å². The van der Waals surface area contributed by atoms with E-state index in [1.165, 1.54) is 75.5 Å². The van der Waals surface area contributed by atoms with Crippen molar-refractivity contribution in [2.24, 2.45) is 0 Å². The number of anilines is 1. The smallest absolute Gasteiger partial charge is 0.261 e. The molecule has 1 aliphatic heterocycles. The molecule has 0 fully saturated rings. The van der Waals surface area contributed by atoms with Crippen LogP contribution in [0.2, 0.25) is 5.04 Å². The van der Waals surface area contributed by atoms with Gasteiger partial charge in [0.05, 0.1) is 21.2 Å². The summed E-state index contributed by atoms with van der Waals surface area (Å²) in [4.78, 5) is 18.5. The van der Waals surface area contributed by atoms with Crippen LogP contribution in [0.25, 0.3) is 21.9 Å². The number of thiophene rings is 2. The second-order valence-corrected chi connectivity index (χ2v) is 22.9. The Labute approximate surface area is 345 Å². The molecule has 3 aromatic carbocycles. The number of rotatable bonds is 20. The fraction of sp³-hybridized carbons (Fsp3) is 0.408. The first kappa shape index (κ1) is 41.9. The highest BCUT2D eigenvalue weighted by Gasteiger charge is 2.50. The molecule has 0 saturated carbocycles. The number of unbranched alkanes of at least 4 members (excludes halogenated alkanes) is 6. The van der Waals surface area contributed by atoms with E-state index >= 15 is 0 Å². The normalized spacial score (nSPS) is 13.7. The minimum absolute atomic E-state index is 0.0492. The third-order valence-corrected chi connectivity index (χ3v) is 18.7. The number of ether oxygens (including phenoxy) is 1. The van der Waals surface area contributed by atoms with Crippen molar-refractivity contribution < 1.29 is 14.0 Å². The number of carbonyl (C=O) groups is 1. The predicted octanol–water partition coefficient (Wildman–Crippen LogP) is 13.0. The third-order valence-electron chi connectivity index (χ3n) is 11.4. The zero-order valence-electron chi connectivity index (χ0n) is 34.4. The maximum atomic E-state index is 11.9. The molecular formula is C49H61NO3S2Si. The molecule has 5 aromatic rings. The highest BCUT2D eigenvalue weighted by atomic mass is 32.1. The van der Waals surface area contributed by atoms with Crippen LogP contribution in [0.4, 0.5) is 5.69 Å². The molecule has 0 bridgehead atoms. The average molecular weight is 804 g/mol. The first-order valence-corrected chi connectivity index (χ1v) is 24.3. The third kappa shape index (κ3) is 9.34. The first-order valence-electron chi connectivity index (χ1n) is 20.8. The summed E-state index contributed by atoms with van der Waals surface area (Å²) < 4.78 is 14.2. The van der Waals surface area contributed by atoms with Crippen molar-refractivity contribution >= 4 is 65.5 Å². The lowest BCUT2D eigenvalue weighted by Gasteiger charge is -2.43. The molecule has 0 amide bonds. The summed E-state index contributed by atoms with van der Waals surface area (Å²) in [5, 5.41) is 2.57. The van der Waals surface area contributed by atoms with Crippen molar-refractivity contribution in [1.82, 2.24) is 0 Å². The summed E-state index contributed by atoms with van der Waals surface area (Å²) in [7, 11) is -0.425. The van der Waals surface area contributed by atoms with Crippen molar-refractivity contribution in [3.05, 3.63) is 118 Å². The fourth-order valence-corrected chi connectivity index (χ4v) is 15.1. The standard InChI is InChI=1S/C49H61NO3S2Si/c1-7-9-11-19-31-49(32-20-12-10-8-2)44-35-40(54-46(44)47-45(53-49)36-41(37-51)55-47)30-27-38-25-28-39(29-26-38)50(6)33-34-52-56(48(3,4)5,42-21-15-13-16-22-42)43-23-17-14-18-24-43/h13-18,21-30,35-37H,7-12,19-20,31-34H2,1-6H3/b30-27+. The lowest BCUT2D eigenvalue weighted by atomic mass is 9.81. The van der Waals surface area contributed by atoms with E-state index in [0.29, 0.717) is 6.61 Å². The van der Waals surface area contributed by atoms with Gasteiger partial charge in [0, 0.05) is 35.8 Å². The van der Waals surface area contributed by atoms with E-state index in [1.54, 1.807) is 11.3 Å². The van der Waals surface area contributed by atoms with Crippen LogP contribution in [0.15, 0.2) is 97.1 Å². The topological polar surface area (TPSA) is 38.8 Å². The SMILES string of the molecule is CCCCCCC1(CCCCCC)Oc2cc(C=O)sc2-c2sc(/C=C/c3ccc(N(C)CCO[Si](c4ccccc4)(c4ccccc4)C(C)(C)C)cc3)cc21. The Morgan fingerprint density at radius 2 is 1.32 bits per heavy atom. The van der Waals surface area contributed by atoms with Crippen LogP contribution in [0.3, 0.4) is 0 Å². The minimum Gasteiger partial charge on any atom is -0.481 e. The molecule has 0 saturated heterocycles. The summed E-state index contributed by atoms with van der Waals surface area (Å²) in [6, 6.07) is 35.0. The summed E-state index contributed by atoms with van der Waals surface area (Å²) in [5.74, 6) is 0.893. The van der Waals surface area contributed by atoms with E-state index in [2.05, 4.69) is 150 Å². The Hall–Kier alpha value is -3.75. The predicted molar refractivity (Wildman–Crippen MR) is 245 cm³/mol. The first-order chi connectivity index (χ1) is 27.1. The molecule has 296 valence electrons. The maximum absolute atomic E-state index is 11.9. The molecule has 6 rings (SSSR count). The van der Waals surface area contributed by atoms with Crippen molar-refractivity contribution in [2.45, 2.75) is 109 Å². The summed E-state index contributed by atoms with van der Waals surface area (Å²) in [6.07, 6.45) is 17.1. The number of nitrogens with zero attached hydrogens (tertiary/aromatic N) is 1. The van der Waals surface area contributed by atoms with E-state index in [4.69, 9.17) is 9.16 Å². The van der Waals surface area contributed by atoms with Gasteiger partial charge in [-0.2, -0.15) is 0 Å². The van der Waals surface area contributed by atoms with Gasteiger partial charge in [0.15, 0.2) is 6.29 Å². The zero-order chi connectivity index (χ0) is 39.6. The summed E-state index contributed by atoms with van der Waals surface area (Å²) in [6.45, 7) is 13.0. The molecule has 0 radical (unpaired) electrons. The van der Waals surface area contributed by atoms with Gasteiger partial charge in [-0.25, -0.2) is 0 Å². The number of hydrogen-bond donors (Lipinski definition) is 0. The monoisotopic (exact) mass is 803 g/mol. The quantitative estimate of drug-likeness (QED) is 0.0446. The Morgan fingerprint density at radius 3 is 1.88 bits per heavy atom. The Balaban J connectivity index is 1.18. The Kier molecular flexibility index (Phi) is 14.3. The molecule has 4 nitrogen and oxygen atoms in total. The van der Waals surface area contributed by atoms with E-state index in [1.807, 2.05) is 17.4 Å². The largest absolute Gasteiger partial charge is 0.481 e. The molecular weight excluding hydrogens is 743 g/mol. The van der Waals surface area contributed by atoms with Crippen molar-refractivity contribution in [2.75, 3.05) is 25.1 Å². The van der Waals surface area contributed by atoms with Gasteiger partial charge in [0.1, 0.15) is 11.4 Å². The second kappa shape index (κ2) is 19.1. The van der Waals surface area contributed by atoms with Crippen molar-refractivity contribution in [3.63, 3.8) is 0 Å². The average Bonchev–Trinajstić information content (AvgIpc) is 3.84. The van der Waals surface area contributed by atoms with Gasteiger partial charge in [0.25, 0.3) is 8.32 Å². The minimum atomic E-state index is -2.58. The van der Waals surface area contributed by atoms with Crippen LogP contribution >= 0.6 is 22.7 Å². The van der Waals surface area contributed by atoms with Gasteiger partial charge in [-0.15, -0.1) is 22.7 Å². The molecule has 0 aliphatic carbocycles. The number of aldehydes is 1. The summed E-state index contributed by atoms with van der Waals surface area (Å²) >= 11 is 3.40. The van der Waals surface area contributed by atoms with Crippen LogP contribution in [0.5, 0.6) is 5.75 Å². The van der Waals surface area contributed by atoms with E-state index in [0.717, 1.165) is 54.0 Å². The summed E-state index contributed by atoms with van der Waals surface area (Å²) in [5.41, 5.74) is 3.31. The van der Waals surface area contributed by atoms with Crippen LogP contribution in [-0.2, 0) is 10.0 Å². The Morgan fingerprint density at radius 1 is 0.732 bits per heavy atom. The van der Waals surface area contributed by atoms with Gasteiger partial charge >= 0.3 is 0 Å². The van der Waals surface area contributed by atoms with E-state index in [9.17, 15) is 4.79 Å². The van der Waals surface area contributed by atoms with Gasteiger partial charge in [-0.1, -0.05) is 152 Å². The number of likely N-dealkylation sites (N-methyl/N-ethyl adjacent to an activating group) is 1. The molecule has 3 heterocycles. The number of hydrogen-bond acceptors (Lipinski definition) is 6. The molecule has 56 heavy (non-hydrogen) atoms. The Bertz CT molecular complexity index is 1960. The molecule has 0 atom stereocenters. The highest BCUT2D eigenvalue weighted by Crippen LogP contribution is 2.55. The lowest BCUT2D eigenvalue weighted by molar-refractivity contribution is 0.0397. The van der Waals surface area contributed by atoms with Gasteiger partial charge < -0.3 is 14.1 Å². The van der Waals surface area contributed by atoms with Crippen molar-refractivity contribution in [1.29, 1.82) is 0 Å². The van der Waals surface area contributed by atoms with Crippen LogP contribution in [0, 0.1) is 0 Å². The zero-order valence-corrected chi connectivity index (χ0v) is 37.1. The molecule has 7 heteroatoms. The number of benzene rings is 3. The number of fused-ring (bicyclic) bond motifs is 3. The van der Waals surface area contributed by atoms with E-state index < -0.39 is 8.32 Å².